The van der Waals surface area contributed by atoms with Crippen LogP contribution in [0.25, 0.3) is 0 Å². The predicted octanol–water partition coefficient (Wildman–Crippen LogP) is 7.83. The van der Waals surface area contributed by atoms with Gasteiger partial charge in [-0.25, -0.2) is 25.0 Å². The van der Waals surface area contributed by atoms with Gasteiger partial charge in [-0.1, -0.05) is 0 Å². The van der Waals surface area contributed by atoms with Crippen LogP contribution >= 0.6 is 0 Å². The zero-order chi connectivity index (χ0) is 31.9. The van der Waals surface area contributed by atoms with Crippen LogP contribution in [0.4, 0.5) is 0 Å². The van der Waals surface area contributed by atoms with E-state index in [2.05, 4.69) is 55.3 Å². The lowest BCUT2D eigenvalue weighted by Crippen LogP contribution is -1.89. The highest BCUT2D eigenvalue weighted by atomic mass is 14.9. The Kier molecular flexibility index (Phi) is 7.04. The molecule has 48 heavy (non-hydrogen) atoms. The van der Waals surface area contributed by atoms with Crippen LogP contribution in [0, 0.1) is 0 Å². The number of rotatable bonds is 0. The van der Waals surface area contributed by atoms with Crippen molar-refractivity contribution in [2.45, 2.75) is 38.5 Å². The van der Waals surface area contributed by atoms with E-state index >= 15 is 0 Å². The maximum atomic E-state index is 4.74. The summed E-state index contributed by atoms with van der Waals surface area (Å²) in [5.74, 6) is 0. The minimum atomic E-state index is 0.908. The minimum absolute atomic E-state index is 0.908. The highest BCUT2D eigenvalue weighted by Crippen LogP contribution is 2.26. The van der Waals surface area contributed by atoms with Crippen LogP contribution in [0.3, 0.4) is 0 Å². The highest BCUT2D eigenvalue weighted by Gasteiger charge is 2.17. The zero-order valence-electron chi connectivity index (χ0n) is 26.2. The SMILES string of the molecule is C1=CC2=NC1=CC1=NC(=CC3=NC(=CC4=NC(=C2)C=C4)CC3)C=C1.C1=CC2=NC1=CC1=NC(=CC3=NC(=CC4=NC(=C2)C=C4)CC3)CC1. The van der Waals surface area contributed by atoms with E-state index in [0.717, 1.165) is 130 Å². The van der Waals surface area contributed by atoms with Crippen molar-refractivity contribution < 1.29 is 0 Å². The second kappa shape index (κ2) is 12.0. The van der Waals surface area contributed by atoms with Crippen LogP contribution in [0.5, 0.6) is 0 Å². The van der Waals surface area contributed by atoms with E-state index in [0.29, 0.717) is 0 Å². The van der Waals surface area contributed by atoms with Crippen molar-refractivity contribution in [3.8, 4) is 0 Å². The second-order valence-electron chi connectivity index (χ2n) is 12.4. The van der Waals surface area contributed by atoms with Gasteiger partial charge in [0.05, 0.1) is 57.0 Å². The first-order valence-corrected chi connectivity index (χ1v) is 16.4. The maximum Gasteiger partial charge on any atom is 0.0659 e. The third-order valence-corrected chi connectivity index (χ3v) is 8.67. The summed E-state index contributed by atoms with van der Waals surface area (Å²) in [5, 5.41) is 0. The van der Waals surface area contributed by atoms with Gasteiger partial charge in [0, 0.05) is 34.2 Å². The van der Waals surface area contributed by atoms with Crippen molar-refractivity contribution in [3.63, 3.8) is 0 Å². The van der Waals surface area contributed by atoms with E-state index in [9.17, 15) is 0 Å². The normalized spacial score (nSPS) is 23.7. The first kappa shape index (κ1) is 28.2. The number of aliphatic imine (C=N–C) groups is 8. The average molecular weight is 623 g/mol. The maximum absolute atomic E-state index is 4.74. The van der Waals surface area contributed by atoms with Gasteiger partial charge in [-0.2, -0.15) is 0 Å². The zero-order valence-corrected chi connectivity index (χ0v) is 26.2. The highest BCUT2D eigenvalue weighted by molar-refractivity contribution is 6.14. The van der Waals surface area contributed by atoms with Crippen molar-refractivity contribution in [2.75, 3.05) is 0 Å². The third-order valence-electron chi connectivity index (χ3n) is 8.67. The molecule has 10 aliphatic rings. The first-order valence-electron chi connectivity index (χ1n) is 16.4. The molecular formula is C40H30N8. The van der Waals surface area contributed by atoms with Crippen LogP contribution in [0.15, 0.2) is 195 Å². The summed E-state index contributed by atoms with van der Waals surface area (Å²) in [7, 11) is 0. The van der Waals surface area contributed by atoms with Gasteiger partial charge >= 0.3 is 0 Å². The lowest BCUT2D eigenvalue weighted by molar-refractivity contribution is 1.06. The topological polar surface area (TPSA) is 98.9 Å². The molecule has 0 saturated carbocycles. The molecule has 0 fully saturated rings. The summed E-state index contributed by atoms with van der Waals surface area (Å²) in [5.41, 5.74) is 15.9. The van der Waals surface area contributed by atoms with Crippen LogP contribution in [0.2, 0.25) is 0 Å². The predicted molar refractivity (Wildman–Crippen MR) is 198 cm³/mol. The molecule has 230 valence electrons. The molecular weight excluding hydrogens is 592 g/mol. The molecule has 0 aromatic heterocycles. The molecule has 16 bridgehead atoms. The monoisotopic (exact) mass is 622 g/mol. The van der Waals surface area contributed by atoms with E-state index in [1.165, 1.54) is 0 Å². The van der Waals surface area contributed by atoms with Gasteiger partial charge in [0.2, 0.25) is 0 Å². The largest absolute Gasteiger partial charge is 0.258 e. The molecule has 0 spiro atoms. The Morgan fingerprint density at radius 3 is 0.917 bits per heavy atom. The van der Waals surface area contributed by atoms with Crippen LogP contribution in [-0.2, 0) is 0 Å². The Morgan fingerprint density at radius 2 is 0.542 bits per heavy atom. The Balaban J connectivity index is 0.000000131. The fourth-order valence-corrected chi connectivity index (χ4v) is 6.39. The lowest BCUT2D eigenvalue weighted by Gasteiger charge is -1.93. The van der Waals surface area contributed by atoms with Gasteiger partial charge < -0.3 is 0 Å². The first-order chi connectivity index (χ1) is 23.6. The molecule has 0 amide bonds. The van der Waals surface area contributed by atoms with Crippen molar-refractivity contribution in [1.82, 2.24) is 0 Å². The molecule has 10 aliphatic heterocycles. The van der Waals surface area contributed by atoms with Gasteiger partial charge in [-0.05, 0) is 148 Å². The molecule has 0 aliphatic carbocycles. The molecule has 8 nitrogen and oxygen atoms in total. The van der Waals surface area contributed by atoms with Crippen LogP contribution in [-0.4, -0.2) is 45.7 Å². The van der Waals surface area contributed by atoms with E-state index in [1.54, 1.807) is 0 Å². The Hall–Kier alpha value is -6.02. The number of allylic oxidation sites excluding steroid dienone is 21. The average Bonchev–Trinajstić information content (AvgIpc) is 3.91. The lowest BCUT2D eigenvalue weighted by atomic mass is 10.1. The van der Waals surface area contributed by atoms with Gasteiger partial charge in [-0.3, -0.25) is 15.0 Å². The number of nitrogens with zero attached hydrogens (tertiary/aromatic N) is 8. The van der Waals surface area contributed by atoms with Gasteiger partial charge in [-0.15, -0.1) is 0 Å². The summed E-state index contributed by atoms with van der Waals surface area (Å²) < 4.78 is 0. The fraction of sp³-hybridized carbons (Fsp3) is 0.150. The summed E-state index contributed by atoms with van der Waals surface area (Å²) in [6.45, 7) is 0. The Morgan fingerprint density at radius 1 is 0.250 bits per heavy atom. The summed E-state index contributed by atoms with van der Waals surface area (Å²) in [6, 6.07) is 0. The summed E-state index contributed by atoms with van der Waals surface area (Å²) >= 11 is 0. The smallest absolute Gasteiger partial charge is 0.0659 e. The molecule has 0 atom stereocenters. The number of hydrogen-bond acceptors (Lipinski definition) is 8. The van der Waals surface area contributed by atoms with Crippen molar-refractivity contribution in [1.29, 1.82) is 0 Å². The molecule has 0 radical (unpaired) electrons. The van der Waals surface area contributed by atoms with E-state index in [4.69, 9.17) is 15.0 Å². The number of hydrogen-bond donors (Lipinski definition) is 0. The van der Waals surface area contributed by atoms with Crippen LogP contribution < -0.4 is 0 Å². The second-order valence-corrected chi connectivity index (χ2v) is 12.4. The standard InChI is InChI=1S/C20H16N4.C20H14N4/c2*1-2-14-10-16-5-6-18(23-16)12-20-8-7-19(24-20)11-17-4-3-15(22-17)9-13(1)21-14/h1-4,9-12H,5-8H2;1-6,9-12H,7-8H2. The van der Waals surface area contributed by atoms with Crippen molar-refractivity contribution in [3.05, 3.63) is 155 Å². The molecule has 0 unspecified atom stereocenters. The molecule has 10 rings (SSSR count). The number of fused-ring (bicyclic) bond motifs is 8. The molecule has 10 heterocycles. The summed E-state index contributed by atoms with van der Waals surface area (Å²) in [4.78, 5) is 37.3. The van der Waals surface area contributed by atoms with E-state index in [-0.39, 0.29) is 0 Å². The van der Waals surface area contributed by atoms with Gasteiger partial charge in [0.25, 0.3) is 0 Å². The molecule has 0 N–H and O–H groups in total. The molecule has 0 aromatic carbocycles. The van der Waals surface area contributed by atoms with Crippen molar-refractivity contribution in [2.24, 2.45) is 39.9 Å². The molecule has 0 saturated heterocycles. The Labute approximate surface area is 278 Å². The quantitative estimate of drug-likeness (QED) is 0.263. The van der Waals surface area contributed by atoms with Crippen LogP contribution in [0.1, 0.15) is 38.5 Å². The fourth-order valence-electron chi connectivity index (χ4n) is 6.39. The van der Waals surface area contributed by atoms with E-state index in [1.807, 2.05) is 79.0 Å². The Bertz CT molecular complexity index is 2240. The third kappa shape index (κ3) is 6.33. The van der Waals surface area contributed by atoms with Crippen molar-refractivity contribution >= 4 is 45.7 Å². The van der Waals surface area contributed by atoms with E-state index < -0.39 is 0 Å². The van der Waals surface area contributed by atoms with Gasteiger partial charge in [0.1, 0.15) is 0 Å². The molecule has 8 heteroatoms. The molecule has 0 aromatic rings. The minimum Gasteiger partial charge on any atom is -0.258 e. The summed E-state index contributed by atoms with van der Waals surface area (Å²) in [6.07, 6.45) is 42.4. The van der Waals surface area contributed by atoms with Gasteiger partial charge in [0.15, 0.2) is 0 Å².